The van der Waals surface area contributed by atoms with E-state index in [0.717, 1.165) is 5.56 Å². The van der Waals surface area contributed by atoms with Crippen molar-refractivity contribution in [3.05, 3.63) is 53.7 Å². The molecule has 0 saturated heterocycles. The zero-order valence-electron chi connectivity index (χ0n) is 16.8. The van der Waals surface area contributed by atoms with Gasteiger partial charge in [-0.15, -0.1) is 0 Å². The summed E-state index contributed by atoms with van der Waals surface area (Å²) >= 11 is 6.03. The van der Waals surface area contributed by atoms with E-state index in [0.29, 0.717) is 11.2 Å². The van der Waals surface area contributed by atoms with E-state index in [-0.39, 0.29) is 18.3 Å². The number of carbonyl (C=O) groups is 2. The van der Waals surface area contributed by atoms with Gasteiger partial charge in [-0.05, 0) is 26.3 Å². The number of hydrogen-bond acceptors (Lipinski definition) is 8. The van der Waals surface area contributed by atoms with Gasteiger partial charge in [-0.1, -0.05) is 41.9 Å². The molecule has 2 aromatic heterocycles. The number of esters is 2. The maximum Gasteiger partial charge on any atom is 0.340 e. The largest absolute Gasteiger partial charge is 0.459 e. The average molecular weight is 432 g/mol. The summed E-state index contributed by atoms with van der Waals surface area (Å²) in [6, 6.07) is 9.06. The Bertz CT molecular complexity index is 1060. The van der Waals surface area contributed by atoms with Crippen LogP contribution in [0.3, 0.4) is 0 Å². The molecule has 158 valence electrons. The number of carbonyl (C=O) groups excluding carboxylic acids is 2. The summed E-state index contributed by atoms with van der Waals surface area (Å²) in [6.45, 7) is 4.69. The highest BCUT2D eigenvalue weighted by Gasteiger charge is 2.47. The van der Waals surface area contributed by atoms with Gasteiger partial charge in [0, 0.05) is 0 Å². The van der Waals surface area contributed by atoms with Crippen molar-refractivity contribution in [1.29, 1.82) is 0 Å². The van der Waals surface area contributed by atoms with Crippen LogP contribution in [0.15, 0.2) is 43.0 Å². The van der Waals surface area contributed by atoms with Gasteiger partial charge >= 0.3 is 11.9 Å². The SMILES string of the molecule is CC(C)(C)OC(=O)C(N)(Cn1cnc2c(Cl)ncnc21)C(=O)OCc1ccccc1. The van der Waals surface area contributed by atoms with E-state index in [1.165, 1.54) is 17.2 Å². The highest BCUT2D eigenvalue weighted by Crippen LogP contribution is 2.22. The number of rotatable bonds is 6. The topological polar surface area (TPSA) is 122 Å². The molecule has 0 saturated carbocycles. The van der Waals surface area contributed by atoms with E-state index in [9.17, 15) is 9.59 Å². The van der Waals surface area contributed by atoms with Crippen molar-refractivity contribution in [3.63, 3.8) is 0 Å². The average Bonchev–Trinajstić information content (AvgIpc) is 3.09. The first-order valence-electron chi connectivity index (χ1n) is 9.15. The molecule has 3 aromatic rings. The van der Waals surface area contributed by atoms with Crippen molar-refractivity contribution in [2.45, 2.75) is 45.1 Å². The summed E-state index contributed by atoms with van der Waals surface area (Å²) in [5.41, 5.74) is 4.71. The predicted octanol–water partition coefficient (Wildman–Crippen LogP) is 2.26. The number of nitrogens with zero attached hydrogens (tertiary/aromatic N) is 4. The third-order valence-corrected chi connectivity index (χ3v) is 4.39. The van der Waals surface area contributed by atoms with E-state index < -0.39 is 23.1 Å². The minimum Gasteiger partial charge on any atom is -0.459 e. The maximum absolute atomic E-state index is 13.0. The molecule has 0 aliphatic heterocycles. The molecule has 0 radical (unpaired) electrons. The van der Waals surface area contributed by atoms with Gasteiger partial charge in [0.25, 0.3) is 0 Å². The normalized spacial score (nSPS) is 13.6. The summed E-state index contributed by atoms with van der Waals surface area (Å²) < 4.78 is 12.2. The molecule has 0 fully saturated rings. The number of ether oxygens (including phenoxy) is 2. The molecule has 1 atom stereocenters. The van der Waals surface area contributed by atoms with E-state index >= 15 is 0 Å². The van der Waals surface area contributed by atoms with Gasteiger partial charge in [0.15, 0.2) is 10.8 Å². The molecule has 0 bridgehead atoms. The van der Waals surface area contributed by atoms with Crippen LogP contribution in [-0.2, 0) is 32.2 Å². The van der Waals surface area contributed by atoms with Crippen LogP contribution in [0.2, 0.25) is 5.15 Å². The minimum absolute atomic E-state index is 0.0416. The lowest BCUT2D eigenvalue weighted by Gasteiger charge is -2.29. The standard InChI is InChI=1S/C20H22ClN5O4/c1-19(2,3)30-18(28)20(22,17(27)29-9-13-7-5-4-6-8-13)10-26-12-25-14-15(21)23-11-24-16(14)26/h4-8,11-12H,9-10,22H2,1-3H3. The lowest BCUT2D eigenvalue weighted by atomic mass is 10.0. The summed E-state index contributed by atoms with van der Waals surface area (Å²) in [7, 11) is 0. The van der Waals surface area contributed by atoms with Crippen LogP contribution in [-0.4, -0.2) is 42.6 Å². The molecule has 3 rings (SSSR count). The molecule has 10 heteroatoms. The van der Waals surface area contributed by atoms with Gasteiger partial charge in [-0.25, -0.2) is 24.5 Å². The van der Waals surface area contributed by atoms with Crippen LogP contribution in [0.1, 0.15) is 26.3 Å². The molecule has 30 heavy (non-hydrogen) atoms. The molecule has 0 amide bonds. The van der Waals surface area contributed by atoms with Crippen molar-refractivity contribution in [3.8, 4) is 0 Å². The van der Waals surface area contributed by atoms with Gasteiger partial charge in [-0.3, -0.25) is 0 Å². The third-order valence-electron chi connectivity index (χ3n) is 4.12. The highest BCUT2D eigenvalue weighted by atomic mass is 35.5. The maximum atomic E-state index is 13.0. The number of imidazole rings is 1. The summed E-state index contributed by atoms with van der Waals surface area (Å²) in [4.78, 5) is 38.0. The highest BCUT2D eigenvalue weighted by molar-refractivity contribution is 6.33. The van der Waals surface area contributed by atoms with Gasteiger partial charge in [0.1, 0.15) is 24.1 Å². The zero-order chi connectivity index (χ0) is 21.9. The van der Waals surface area contributed by atoms with Crippen LogP contribution in [0.25, 0.3) is 11.2 Å². The van der Waals surface area contributed by atoms with Crippen LogP contribution in [0.4, 0.5) is 0 Å². The Kier molecular flexibility index (Phi) is 6.04. The first-order chi connectivity index (χ1) is 14.1. The number of nitrogens with two attached hydrogens (primary N) is 1. The molecule has 9 nitrogen and oxygen atoms in total. The Labute approximate surface area is 178 Å². The Morgan fingerprint density at radius 2 is 1.80 bits per heavy atom. The Balaban J connectivity index is 1.91. The molecule has 0 aliphatic carbocycles. The predicted molar refractivity (Wildman–Crippen MR) is 109 cm³/mol. The van der Waals surface area contributed by atoms with Crippen molar-refractivity contribution in [1.82, 2.24) is 19.5 Å². The van der Waals surface area contributed by atoms with E-state index in [1.54, 1.807) is 32.9 Å². The zero-order valence-corrected chi connectivity index (χ0v) is 17.6. The number of halogens is 1. The second-order valence-electron chi connectivity index (χ2n) is 7.74. The smallest absolute Gasteiger partial charge is 0.340 e. The second-order valence-corrected chi connectivity index (χ2v) is 8.10. The van der Waals surface area contributed by atoms with Gasteiger partial charge < -0.3 is 19.8 Å². The summed E-state index contributed by atoms with van der Waals surface area (Å²) in [5, 5.41) is 0.144. The lowest BCUT2D eigenvalue weighted by molar-refractivity contribution is -0.173. The van der Waals surface area contributed by atoms with Crippen molar-refractivity contribution in [2.24, 2.45) is 5.73 Å². The summed E-state index contributed by atoms with van der Waals surface area (Å²) in [5.74, 6) is -1.85. The minimum atomic E-state index is -2.13. The van der Waals surface area contributed by atoms with Crippen LogP contribution in [0, 0.1) is 0 Å². The van der Waals surface area contributed by atoms with Gasteiger partial charge in [0.2, 0.25) is 5.54 Å². The van der Waals surface area contributed by atoms with Crippen LogP contribution >= 0.6 is 11.6 Å². The molecule has 0 spiro atoms. The van der Waals surface area contributed by atoms with Gasteiger partial charge in [-0.2, -0.15) is 0 Å². The van der Waals surface area contributed by atoms with Crippen molar-refractivity contribution in [2.75, 3.05) is 0 Å². The number of hydrogen-bond donors (Lipinski definition) is 1. The number of fused-ring (bicyclic) bond motifs is 1. The van der Waals surface area contributed by atoms with E-state index in [2.05, 4.69) is 15.0 Å². The fourth-order valence-electron chi connectivity index (χ4n) is 2.67. The molecule has 2 heterocycles. The summed E-state index contributed by atoms with van der Waals surface area (Å²) in [6.07, 6.45) is 2.63. The van der Waals surface area contributed by atoms with Crippen molar-refractivity contribution < 1.29 is 19.1 Å². The van der Waals surface area contributed by atoms with Crippen molar-refractivity contribution >= 4 is 34.7 Å². The fraction of sp³-hybridized carbons (Fsp3) is 0.350. The lowest BCUT2D eigenvalue weighted by Crippen LogP contribution is -2.60. The third kappa shape index (κ3) is 4.74. The molecular formula is C20H22ClN5O4. The van der Waals surface area contributed by atoms with Crippen LogP contribution < -0.4 is 5.73 Å². The molecule has 2 N–H and O–H groups in total. The second kappa shape index (κ2) is 8.37. The Morgan fingerprint density at radius 3 is 2.47 bits per heavy atom. The number of benzene rings is 1. The number of aromatic nitrogens is 4. The monoisotopic (exact) mass is 431 g/mol. The molecular weight excluding hydrogens is 410 g/mol. The Hall–Kier alpha value is -3.04. The molecule has 1 aromatic carbocycles. The van der Waals surface area contributed by atoms with Crippen LogP contribution in [0.5, 0.6) is 0 Å². The van der Waals surface area contributed by atoms with Gasteiger partial charge in [0.05, 0.1) is 12.9 Å². The first kappa shape index (κ1) is 21.7. The Morgan fingerprint density at radius 1 is 1.10 bits per heavy atom. The fourth-order valence-corrected chi connectivity index (χ4v) is 2.85. The van der Waals surface area contributed by atoms with E-state index in [4.69, 9.17) is 26.8 Å². The molecule has 1 unspecified atom stereocenters. The first-order valence-corrected chi connectivity index (χ1v) is 9.53. The quantitative estimate of drug-likeness (QED) is 0.358. The molecule has 0 aliphatic rings. The van der Waals surface area contributed by atoms with E-state index in [1.807, 2.05) is 18.2 Å².